The number of amides is 2. The van der Waals surface area contributed by atoms with Gasteiger partial charge in [0.15, 0.2) is 11.5 Å². The molecule has 2 aromatic carbocycles. The molecule has 0 aromatic heterocycles. The predicted molar refractivity (Wildman–Crippen MR) is 163 cm³/mol. The van der Waals surface area contributed by atoms with Crippen LogP contribution in [0.4, 0.5) is 0 Å². The fourth-order valence-electron chi connectivity index (χ4n) is 10.5. The maximum atomic E-state index is 13.7. The molecule has 9 rings (SSSR count). The van der Waals surface area contributed by atoms with E-state index in [0.29, 0.717) is 24.8 Å². The third-order valence-corrected chi connectivity index (χ3v) is 12.4. The summed E-state index contributed by atoms with van der Waals surface area (Å²) < 4.78 is 13.5. The van der Waals surface area contributed by atoms with Gasteiger partial charge in [0.05, 0.1) is 0 Å². The molecule has 2 spiro atoms. The second-order valence-corrected chi connectivity index (χ2v) is 14.4. The van der Waals surface area contributed by atoms with Gasteiger partial charge < -0.3 is 30.3 Å². The Bertz CT molecular complexity index is 1510. The molecule has 234 valence electrons. The number of aromatic hydroxyl groups is 2. The summed E-state index contributed by atoms with van der Waals surface area (Å²) in [5.41, 5.74) is 2.53. The first kappa shape index (κ1) is 28.2. The van der Waals surface area contributed by atoms with Gasteiger partial charge in [0, 0.05) is 61.9 Å². The lowest BCUT2D eigenvalue weighted by molar-refractivity contribution is -0.276. The first-order valence-electron chi connectivity index (χ1n) is 16.3. The molecule has 5 aliphatic carbocycles. The summed E-state index contributed by atoms with van der Waals surface area (Å²) in [7, 11) is 1.78. The second kappa shape index (κ2) is 9.85. The molecule has 2 aromatic rings. The van der Waals surface area contributed by atoms with E-state index in [4.69, 9.17) is 9.47 Å². The molecule has 4 N–H and O–H groups in total. The van der Waals surface area contributed by atoms with E-state index >= 15 is 0 Å². The second-order valence-electron chi connectivity index (χ2n) is 14.4. The SMILES string of the molecule is COC12CC[C@@]3(C[C@@H]1CNC(=O)[C@H](Cc1ccc(O)cc1)NC(C)=O)[C@H]1Cc4ccc(O)c5c4[C@@]3(CCN1CC1CC1)C2O5. The molecule has 5 fully saturated rings. The highest BCUT2D eigenvalue weighted by Gasteiger charge is 2.80. The molecule has 1 saturated heterocycles. The van der Waals surface area contributed by atoms with Crippen LogP contribution in [0.5, 0.6) is 17.2 Å². The molecule has 7 aliphatic rings. The highest BCUT2D eigenvalue weighted by Crippen LogP contribution is 2.76. The van der Waals surface area contributed by atoms with Crippen LogP contribution in [0.15, 0.2) is 36.4 Å². The van der Waals surface area contributed by atoms with Crippen molar-refractivity contribution >= 4 is 11.8 Å². The lowest BCUT2D eigenvalue weighted by Gasteiger charge is -2.74. The summed E-state index contributed by atoms with van der Waals surface area (Å²) in [5.74, 6) is 1.33. The van der Waals surface area contributed by atoms with Crippen LogP contribution in [-0.2, 0) is 32.6 Å². The Labute approximate surface area is 258 Å². The van der Waals surface area contributed by atoms with Gasteiger partial charge in [0.2, 0.25) is 11.8 Å². The summed E-state index contributed by atoms with van der Waals surface area (Å²) in [6.07, 6.45) is 7.49. The third kappa shape index (κ3) is 3.84. The molecule has 44 heavy (non-hydrogen) atoms. The minimum Gasteiger partial charge on any atom is -0.508 e. The topological polar surface area (TPSA) is 120 Å². The van der Waals surface area contributed by atoms with Gasteiger partial charge in [0.1, 0.15) is 23.5 Å². The van der Waals surface area contributed by atoms with Crippen molar-refractivity contribution in [2.24, 2.45) is 17.3 Å². The molecule has 2 amide bonds. The maximum Gasteiger partial charge on any atom is 0.242 e. The molecule has 2 heterocycles. The van der Waals surface area contributed by atoms with Crippen molar-refractivity contribution in [1.29, 1.82) is 0 Å². The number of likely N-dealkylation sites (tertiary alicyclic amines) is 1. The number of carbonyl (C=O) groups excluding carboxylic acids is 2. The number of phenolic OH excluding ortho intramolecular Hbond substituents is 2. The highest BCUT2D eigenvalue weighted by molar-refractivity contribution is 5.87. The number of fused-ring (bicyclic) bond motifs is 2. The molecule has 9 nitrogen and oxygen atoms in total. The van der Waals surface area contributed by atoms with Gasteiger partial charge >= 0.3 is 0 Å². The zero-order chi connectivity index (χ0) is 30.4. The Morgan fingerprint density at radius 2 is 1.91 bits per heavy atom. The quantitative estimate of drug-likeness (QED) is 0.349. The fourth-order valence-corrected chi connectivity index (χ4v) is 10.5. The number of carbonyl (C=O) groups is 2. The van der Waals surface area contributed by atoms with Crippen LogP contribution in [0.2, 0.25) is 0 Å². The van der Waals surface area contributed by atoms with Crippen molar-refractivity contribution < 1.29 is 29.3 Å². The summed E-state index contributed by atoms with van der Waals surface area (Å²) in [6.45, 7) is 4.03. The Morgan fingerprint density at radius 3 is 2.64 bits per heavy atom. The van der Waals surface area contributed by atoms with Crippen molar-refractivity contribution in [1.82, 2.24) is 15.5 Å². The van der Waals surface area contributed by atoms with Crippen LogP contribution in [0.25, 0.3) is 0 Å². The molecule has 9 heteroatoms. The van der Waals surface area contributed by atoms with E-state index in [-0.39, 0.29) is 46.2 Å². The lowest BCUT2D eigenvalue weighted by atomic mass is 9.35. The smallest absolute Gasteiger partial charge is 0.242 e. The molecule has 4 saturated carbocycles. The number of methoxy groups -OCH3 is 1. The number of hydrogen-bond acceptors (Lipinski definition) is 7. The van der Waals surface area contributed by atoms with Crippen LogP contribution in [0.3, 0.4) is 0 Å². The van der Waals surface area contributed by atoms with Gasteiger partial charge in [-0.05, 0) is 86.7 Å². The van der Waals surface area contributed by atoms with E-state index in [9.17, 15) is 19.8 Å². The Hall–Kier alpha value is -3.30. The summed E-state index contributed by atoms with van der Waals surface area (Å²) in [6, 6.07) is 10.3. The van der Waals surface area contributed by atoms with Crippen LogP contribution in [0.1, 0.15) is 62.1 Å². The Morgan fingerprint density at radius 1 is 1.11 bits per heavy atom. The highest BCUT2D eigenvalue weighted by atomic mass is 16.6. The lowest BCUT2D eigenvalue weighted by Crippen LogP contribution is -2.81. The minimum absolute atomic E-state index is 0.0105. The summed E-state index contributed by atoms with van der Waals surface area (Å²) >= 11 is 0. The third-order valence-electron chi connectivity index (χ3n) is 12.4. The van der Waals surface area contributed by atoms with E-state index in [1.54, 1.807) is 37.4 Å². The van der Waals surface area contributed by atoms with Crippen LogP contribution in [-0.4, -0.2) is 77.5 Å². The molecule has 2 unspecified atom stereocenters. The molecular weight excluding hydrogens is 558 g/mol. The number of piperidine rings is 1. The number of phenols is 2. The van der Waals surface area contributed by atoms with Gasteiger partial charge in [-0.1, -0.05) is 18.2 Å². The monoisotopic (exact) mass is 601 g/mol. The predicted octanol–water partition coefficient (Wildman–Crippen LogP) is 3.19. The van der Waals surface area contributed by atoms with Crippen molar-refractivity contribution in [3.05, 3.63) is 53.1 Å². The molecule has 7 atom stereocenters. The van der Waals surface area contributed by atoms with Crippen LogP contribution >= 0.6 is 0 Å². The van der Waals surface area contributed by atoms with Gasteiger partial charge in [-0.15, -0.1) is 0 Å². The normalized spacial score (nSPS) is 35.0. The molecule has 0 radical (unpaired) electrons. The van der Waals surface area contributed by atoms with Crippen molar-refractivity contribution in [3.8, 4) is 17.2 Å². The van der Waals surface area contributed by atoms with Crippen molar-refractivity contribution in [3.63, 3.8) is 0 Å². The van der Waals surface area contributed by atoms with E-state index in [0.717, 1.165) is 56.7 Å². The van der Waals surface area contributed by atoms with Gasteiger partial charge in [-0.2, -0.15) is 0 Å². The van der Waals surface area contributed by atoms with Crippen molar-refractivity contribution in [2.45, 2.75) is 87.5 Å². The first-order valence-corrected chi connectivity index (χ1v) is 16.3. The average Bonchev–Trinajstić information content (AvgIpc) is 3.75. The molecule has 2 aliphatic heterocycles. The Kier molecular flexibility index (Phi) is 6.31. The zero-order valence-corrected chi connectivity index (χ0v) is 25.6. The molecular formula is C35H43N3O6. The van der Waals surface area contributed by atoms with Crippen molar-refractivity contribution in [2.75, 3.05) is 26.7 Å². The van der Waals surface area contributed by atoms with E-state index in [1.165, 1.54) is 30.9 Å². The van der Waals surface area contributed by atoms with Gasteiger partial charge in [0.25, 0.3) is 0 Å². The van der Waals surface area contributed by atoms with Crippen LogP contribution in [0, 0.1) is 17.3 Å². The zero-order valence-electron chi connectivity index (χ0n) is 25.6. The number of ether oxygens (including phenoxy) is 2. The summed E-state index contributed by atoms with van der Waals surface area (Å²) in [5, 5.41) is 26.8. The van der Waals surface area contributed by atoms with Gasteiger partial charge in [-0.3, -0.25) is 14.5 Å². The van der Waals surface area contributed by atoms with E-state index < -0.39 is 11.6 Å². The number of rotatable bonds is 9. The average molecular weight is 602 g/mol. The minimum atomic E-state index is -0.740. The Balaban J connectivity index is 1.12. The standard InChI is InChI=1S/C35H43N3O6/c1-20(39)37-26(15-21-5-8-25(40)9-6-21)31(42)36-18-24-17-33-11-12-35(24,43-2)32-34(33)13-14-38(19-22-3-4-22)28(33)16-23-7-10-27(41)30(44-32)29(23)34/h5-10,22,24,26,28,32,40-41H,3-4,11-19H2,1-2H3,(H,36,42)(H,37,39)/t24-,26+,28-,32?,33-,34+,35?/m1/s1. The van der Waals surface area contributed by atoms with Crippen LogP contribution < -0.4 is 15.4 Å². The fraction of sp³-hybridized carbons (Fsp3) is 0.600. The van der Waals surface area contributed by atoms with E-state index in [2.05, 4.69) is 21.6 Å². The maximum absolute atomic E-state index is 13.7. The number of benzene rings is 2. The van der Waals surface area contributed by atoms with Gasteiger partial charge in [-0.25, -0.2) is 0 Å². The number of nitrogens with zero attached hydrogens (tertiary/aromatic N) is 1. The molecule has 4 bridgehead atoms. The first-order chi connectivity index (χ1) is 21.2. The summed E-state index contributed by atoms with van der Waals surface area (Å²) in [4.78, 5) is 28.6. The number of hydrogen-bond donors (Lipinski definition) is 4. The van der Waals surface area contributed by atoms with E-state index in [1.807, 2.05) is 0 Å². The number of nitrogens with one attached hydrogen (secondary N) is 2. The largest absolute Gasteiger partial charge is 0.508 e.